The molecule has 1 saturated heterocycles. The van der Waals surface area contributed by atoms with E-state index in [9.17, 15) is 39.0 Å². The zero-order valence-corrected chi connectivity index (χ0v) is 25.9. The van der Waals surface area contributed by atoms with Crippen LogP contribution in [0, 0.1) is 22.7 Å². The molecule has 0 aromatic rings. The molecule has 1 heterocycles. The van der Waals surface area contributed by atoms with E-state index in [1.165, 1.54) is 6.92 Å². The second-order valence-corrected chi connectivity index (χ2v) is 12.7. The first kappa shape index (κ1) is 33.5. The average Bonchev–Trinajstić information content (AvgIpc) is 3.03. The number of esters is 5. The van der Waals surface area contributed by atoms with Crippen LogP contribution in [-0.4, -0.2) is 101 Å². The SMILES string of the molecule is C=C1[C@@H](O)C[C@H](OC(C)=O)[C@@]2(COC(C)=O)[C@@H](OC(C)=O)[C@H](OC(C)=O)[C@@]3(O)[C@]4(C)OC[C@]3(C)[C@@H](CC4=O)[C@@H](OC(C)=O)[C@H]12. The fourth-order valence-electron chi connectivity index (χ4n) is 8.24. The van der Waals surface area contributed by atoms with E-state index in [4.69, 9.17) is 28.4 Å². The Balaban J connectivity index is 2.22. The van der Waals surface area contributed by atoms with Crippen LogP contribution in [0.4, 0.5) is 0 Å². The molecule has 0 radical (unpaired) electrons. The van der Waals surface area contributed by atoms with Crippen molar-refractivity contribution in [3.8, 4) is 0 Å². The minimum Gasteiger partial charge on any atom is -0.465 e. The van der Waals surface area contributed by atoms with Crippen LogP contribution >= 0.6 is 0 Å². The highest BCUT2D eigenvalue weighted by Crippen LogP contribution is 2.67. The maximum absolute atomic E-state index is 13.9. The zero-order valence-electron chi connectivity index (χ0n) is 25.9. The Labute approximate surface area is 254 Å². The number of ketones is 1. The summed E-state index contributed by atoms with van der Waals surface area (Å²) in [4.78, 5) is 77.3. The number of hydrogen-bond donors (Lipinski definition) is 2. The topological polar surface area (TPSA) is 198 Å². The summed E-state index contributed by atoms with van der Waals surface area (Å²) in [7, 11) is 0. The molecular formula is C30H40O14. The molecule has 11 atom stereocenters. The van der Waals surface area contributed by atoms with Gasteiger partial charge in [0, 0.05) is 64.7 Å². The molecule has 4 rings (SSSR count). The van der Waals surface area contributed by atoms with E-state index in [-0.39, 0.29) is 25.0 Å². The molecular weight excluding hydrogens is 584 g/mol. The highest BCUT2D eigenvalue weighted by Gasteiger charge is 2.83. The number of aliphatic hydroxyl groups is 2. The molecule has 2 N–H and O–H groups in total. The molecule has 4 fully saturated rings. The molecule has 4 bridgehead atoms. The second kappa shape index (κ2) is 11.2. The van der Waals surface area contributed by atoms with Crippen molar-refractivity contribution in [2.24, 2.45) is 22.7 Å². The third-order valence-electron chi connectivity index (χ3n) is 10.1. The summed E-state index contributed by atoms with van der Waals surface area (Å²) in [6, 6.07) is 0. The van der Waals surface area contributed by atoms with Crippen molar-refractivity contribution >= 4 is 35.6 Å². The molecule has 4 aliphatic rings. The fraction of sp³-hybridized carbons (Fsp3) is 0.733. The average molecular weight is 625 g/mol. The molecule has 1 aliphatic heterocycles. The summed E-state index contributed by atoms with van der Waals surface area (Å²) < 4.78 is 35.0. The number of carbonyl (C=O) groups excluding carboxylic acids is 6. The van der Waals surface area contributed by atoms with Crippen molar-refractivity contribution in [3.63, 3.8) is 0 Å². The van der Waals surface area contributed by atoms with Gasteiger partial charge >= 0.3 is 29.8 Å². The number of aliphatic hydroxyl groups excluding tert-OH is 1. The van der Waals surface area contributed by atoms with Gasteiger partial charge in [-0.25, -0.2) is 0 Å². The molecule has 14 heteroatoms. The van der Waals surface area contributed by atoms with Crippen molar-refractivity contribution in [1.82, 2.24) is 0 Å². The summed E-state index contributed by atoms with van der Waals surface area (Å²) >= 11 is 0. The van der Waals surface area contributed by atoms with E-state index in [0.29, 0.717) is 0 Å². The third kappa shape index (κ3) is 4.72. The van der Waals surface area contributed by atoms with Crippen molar-refractivity contribution in [2.45, 2.75) is 103 Å². The lowest BCUT2D eigenvalue weighted by Gasteiger charge is -2.64. The first-order valence-corrected chi connectivity index (χ1v) is 14.4. The predicted octanol–water partition coefficient (Wildman–Crippen LogP) is 0.329. The van der Waals surface area contributed by atoms with Gasteiger partial charge in [-0.2, -0.15) is 0 Å². The summed E-state index contributed by atoms with van der Waals surface area (Å²) in [5, 5.41) is 24.2. The Kier molecular flexibility index (Phi) is 8.55. The van der Waals surface area contributed by atoms with Crippen LogP contribution in [-0.2, 0) is 57.2 Å². The van der Waals surface area contributed by atoms with E-state index >= 15 is 0 Å². The maximum Gasteiger partial charge on any atom is 0.303 e. The number of rotatable bonds is 6. The van der Waals surface area contributed by atoms with Gasteiger partial charge in [0.2, 0.25) is 0 Å². The summed E-state index contributed by atoms with van der Waals surface area (Å²) in [6.45, 7) is 11.4. The Hall–Kier alpha value is -3.36. The van der Waals surface area contributed by atoms with Crippen LogP contribution in [0.2, 0.25) is 0 Å². The van der Waals surface area contributed by atoms with Crippen molar-refractivity contribution in [2.75, 3.05) is 13.2 Å². The maximum atomic E-state index is 13.9. The Bertz CT molecular complexity index is 1290. The standard InChI is InChI=1S/C30H40O14/c1-13-20(36)10-22(41-15(3)32)29(12-39-14(2)31)23(13)24(42-16(4)33)19-9-21(37)28(8)30(38,27(19,7)11-40-28)26(44-18(6)35)25(29)43-17(5)34/h19-20,22-26,36,38H,1,9-12H2,2-8H3/t19-,20-,22-,23-,24+,25-,26-,27+,28+,29+,30-/m0/s1. The van der Waals surface area contributed by atoms with Crippen LogP contribution in [0.25, 0.3) is 0 Å². The van der Waals surface area contributed by atoms with E-state index in [1.54, 1.807) is 6.92 Å². The highest BCUT2D eigenvalue weighted by atomic mass is 16.6. The van der Waals surface area contributed by atoms with Gasteiger partial charge in [-0.15, -0.1) is 0 Å². The molecule has 0 aromatic carbocycles. The monoisotopic (exact) mass is 624 g/mol. The van der Waals surface area contributed by atoms with Gasteiger partial charge in [0.25, 0.3) is 0 Å². The zero-order chi connectivity index (χ0) is 33.2. The number of fused-ring (bicyclic) bond motifs is 1. The Morgan fingerprint density at radius 2 is 1.43 bits per heavy atom. The first-order valence-electron chi connectivity index (χ1n) is 14.4. The lowest BCUT2D eigenvalue weighted by atomic mass is 9.43. The Morgan fingerprint density at radius 3 is 1.95 bits per heavy atom. The van der Waals surface area contributed by atoms with Crippen LogP contribution in [0.3, 0.4) is 0 Å². The van der Waals surface area contributed by atoms with E-state index in [0.717, 1.165) is 34.6 Å². The molecule has 44 heavy (non-hydrogen) atoms. The quantitative estimate of drug-likeness (QED) is 0.233. The molecule has 14 nitrogen and oxygen atoms in total. The molecule has 244 valence electrons. The largest absolute Gasteiger partial charge is 0.465 e. The van der Waals surface area contributed by atoms with Gasteiger partial charge in [0.15, 0.2) is 23.6 Å². The van der Waals surface area contributed by atoms with E-state index in [1.807, 2.05) is 0 Å². The smallest absolute Gasteiger partial charge is 0.303 e. The van der Waals surface area contributed by atoms with Gasteiger partial charge in [-0.05, 0) is 12.5 Å². The minimum absolute atomic E-state index is 0.0271. The van der Waals surface area contributed by atoms with E-state index < -0.39 is 107 Å². The van der Waals surface area contributed by atoms with Crippen LogP contribution in [0.1, 0.15) is 61.3 Å². The predicted molar refractivity (Wildman–Crippen MR) is 145 cm³/mol. The third-order valence-corrected chi connectivity index (χ3v) is 10.1. The molecule has 3 saturated carbocycles. The van der Waals surface area contributed by atoms with Crippen molar-refractivity contribution in [1.29, 1.82) is 0 Å². The fourth-order valence-corrected chi connectivity index (χ4v) is 8.24. The van der Waals surface area contributed by atoms with Gasteiger partial charge in [-0.3, -0.25) is 28.8 Å². The van der Waals surface area contributed by atoms with Crippen LogP contribution in [0.15, 0.2) is 12.2 Å². The molecule has 3 aliphatic carbocycles. The van der Waals surface area contributed by atoms with Gasteiger partial charge in [-0.1, -0.05) is 13.5 Å². The molecule has 0 unspecified atom stereocenters. The summed E-state index contributed by atoms with van der Waals surface area (Å²) in [5.74, 6) is -7.35. The molecule has 0 aromatic heterocycles. The first-order chi connectivity index (χ1) is 20.3. The number of hydrogen-bond acceptors (Lipinski definition) is 14. The van der Waals surface area contributed by atoms with Crippen molar-refractivity contribution < 1.29 is 67.4 Å². The normalized spacial score (nSPS) is 42.6. The van der Waals surface area contributed by atoms with Crippen LogP contribution in [0.5, 0.6) is 0 Å². The van der Waals surface area contributed by atoms with Crippen molar-refractivity contribution in [3.05, 3.63) is 12.2 Å². The number of carbonyl (C=O) groups is 6. The van der Waals surface area contributed by atoms with Crippen LogP contribution < -0.4 is 0 Å². The van der Waals surface area contributed by atoms with Gasteiger partial charge in [0.1, 0.15) is 24.4 Å². The lowest BCUT2D eigenvalue weighted by Crippen LogP contribution is -2.81. The molecule has 0 spiro atoms. The van der Waals surface area contributed by atoms with Gasteiger partial charge < -0.3 is 38.6 Å². The minimum atomic E-state index is -2.45. The lowest BCUT2D eigenvalue weighted by molar-refractivity contribution is -0.302. The molecule has 0 amide bonds. The van der Waals surface area contributed by atoms with E-state index in [2.05, 4.69) is 6.58 Å². The Morgan fingerprint density at radius 1 is 0.886 bits per heavy atom. The van der Waals surface area contributed by atoms with Gasteiger partial charge in [0.05, 0.1) is 18.1 Å². The number of ether oxygens (including phenoxy) is 6. The second-order valence-electron chi connectivity index (χ2n) is 12.7. The summed E-state index contributed by atoms with van der Waals surface area (Å²) in [5.41, 5.74) is -7.95. The highest BCUT2D eigenvalue weighted by molar-refractivity contribution is 5.91. The number of Topliss-reactive ketones (excluding diaryl/α,β-unsaturated/α-hetero) is 1. The summed E-state index contributed by atoms with van der Waals surface area (Å²) in [6.07, 6.45) is -8.63.